The number of carbonyl (C=O) groups is 1. The minimum Gasteiger partial charge on any atom is -0.489 e. The van der Waals surface area contributed by atoms with Crippen molar-refractivity contribution in [2.24, 2.45) is 0 Å². The molecule has 0 saturated carbocycles. The molecular weight excluding hydrogens is 276 g/mol. The molecule has 1 heterocycles. The lowest BCUT2D eigenvalue weighted by molar-refractivity contribution is 0.0733. The Morgan fingerprint density at radius 3 is 2.77 bits per heavy atom. The Hall–Kier alpha value is -2.75. The number of rotatable bonds is 4. The molecule has 4 nitrogen and oxygen atoms in total. The minimum atomic E-state index is -0.261. The lowest BCUT2D eigenvalue weighted by atomic mass is 10.0. The van der Waals surface area contributed by atoms with Crippen LogP contribution in [0, 0.1) is 0 Å². The van der Waals surface area contributed by atoms with Gasteiger partial charge < -0.3 is 15.0 Å². The Morgan fingerprint density at radius 1 is 1.23 bits per heavy atom. The molecule has 0 aliphatic carbocycles. The SMILES string of the molecule is C=CCOc1ccccc1C1Nc2ccccc2C(=O)N1C. The molecule has 2 aromatic carbocycles. The van der Waals surface area contributed by atoms with Crippen LogP contribution in [0.15, 0.2) is 61.2 Å². The molecule has 0 bridgehead atoms. The predicted octanol–water partition coefficient (Wildman–Crippen LogP) is 3.45. The maximum absolute atomic E-state index is 12.6. The quantitative estimate of drug-likeness (QED) is 0.878. The van der Waals surface area contributed by atoms with E-state index >= 15 is 0 Å². The molecule has 1 amide bonds. The van der Waals surface area contributed by atoms with E-state index in [-0.39, 0.29) is 12.1 Å². The predicted molar refractivity (Wildman–Crippen MR) is 87.0 cm³/mol. The molecule has 0 aromatic heterocycles. The van der Waals surface area contributed by atoms with Crippen molar-refractivity contribution in [2.45, 2.75) is 6.17 Å². The average molecular weight is 294 g/mol. The molecule has 3 rings (SSSR count). The number of hydrogen-bond acceptors (Lipinski definition) is 3. The molecule has 22 heavy (non-hydrogen) atoms. The van der Waals surface area contributed by atoms with Gasteiger partial charge in [-0.1, -0.05) is 43.0 Å². The van der Waals surface area contributed by atoms with Crippen molar-refractivity contribution < 1.29 is 9.53 Å². The van der Waals surface area contributed by atoms with E-state index in [1.807, 2.05) is 48.5 Å². The zero-order chi connectivity index (χ0) is 15.5. The van der Waals surface area contributed by atoms with E-state index in [1.54, 1.807) is 18.0 Å². The van der Waals surface area contributed by atoms with Gasteiger partial charge in [0.25, 0.3) is 5.91 Å². The van der Waals surface area contributed by atoms with Gasteiger partial charge in [-0.05, 0) is 18.2 Å². The van der Waals surface area contributed by atoms with Crippen LogP contribution in [-0.4, -0.2) is 24.5 Å². The summed E-state index contributed by atoms with van der Waals surface area (Å²) in [6, 6.07) is 15.3. The molecule has 0 radical (unpaired) electrons. The van der Waals surface area contributed by atoms with Crippen LogP contribution in [0.5, 0.6) is 5.75 Å². The molecule has 0 saturated heterocycles. The van der Waals surface area contributed by atoms with E-state index in [1.165, 1.54) is 0 Å². The summed E-state index contributed by atoms with van der Waals surface area (Å²) in [7, 11) is 1.79. The molecule has 112 valence electrons. The number of amides is 1. The molecule has 1 unspecified atom stereocenters. The van der Waals surface area contributed by atoms with E-state index in [9.17, 15) is 4.79 Å². The standard InChI is InChI=1S/C18H18N2O2/c1-3-12-22-16-11-7-5-9-14(16)17-19-15-10-6-4-8-13(15)18(21)20(17)2/h3-11,17,19H,1,12H2,2H3. The molecule has 1 N–H and O–H groups in total. The molecule has 0 spiro atoms. The summed E-state index contributed by atoms with van der Waals surface area (Å²) < 4.78 is 5.72. The topological polar surface area (TPSA) is 41.6 Å². The zero-order valence-electron chi connectivity index (χ0n) is 12.5. The van der Waals surface area contributed by atoms with Gasteiger partial charge in [-0.25, -0.2) is 0 Å². The molecule has 1 atom stereocenters. The smallest absolute Gasteiger partial charge is 0.257 e. The zero-order valence-corrected chi connectivity index (χ0v) is 12.5. The van der Waals surface area contributed by atoms with Gasteiger partial charge in [0.1, 0.15) is 18.5 Å². The van der Waals surface area contributed by atoms with E-state index in [2.05, 4.69) is 11.9 Å². The number of para-hydroxylation sites is 2. The fourth-order valence-corrected chi connectivity index (χ4v) is 2.62. The van der Waals surface area contributed by atoms with Crippen molar-refractivity contribution in [3.05, 3.63) is 72.3 Å². The minimum absolute atomic E-state index is 0.00197. The third kappa shape index (κ3) is 2.44. The molecule has 4 heteroatoms. The maximum Gasteiger partial charge on any atom is 0.257 e. The fourth-order valence-electron chi connectivity index (χ4n) is 2.62. The first-order chi connectivity index (χ1) is 10.7. The van der Waals surface area contributed by atoms with Crippen LogP contribution in [0.1, 0.15) is 22.1 Å². The van der Waals surface area contributed by atoms with Crippen LogP contribution in [-0.2, 0) is 0 Å². The van der Waals surface area contributed by atoms with Gasteiger partial charge in [0.2, 0.25) is 0 Å². The largest absolute Gasteiger partial charge is 0.489 e. The van der Waals surface area contributed by atoms with Crippen LogP contribution in [0.25, 0.3) is 0 Å². The molecule has 2 aromatic rings. The Bertz CT molecular complexity index is 712. The first kappa shape index (κ1) is 14.2. The van der Waals surface area contributed by atoms with Crippen molar-refractivity contribution in [2.75, 3.05) is 19.0 Å². The monoisotopic (exact) mass is 294 g/mol. The van der Waals surface area contributed by atoms with E-state index in [0.717, 1.165) is 17.0 Å². The van der Waals surface area contributed by atoms with E-state index in [4.69, 9.17) is 4.74 Å². The van der Waals surface area contributed by atoms with Gasteiger partial charge in [0.15, 0.2) is 0 Å². The molecule has 0 fully saturated rings. The Labute approximate surface area is 130 Å². The summed E-state index contributed by atoms with van der Waals surface area (Å²) in [5, 5.41) is 3.41. The van der Waals surface area contributed by atoms with Crippen LogP contribution in [0.3, 0.4) is 0 Å². The molecule has 1 aliphatic rings. The van der Waals surface area contributed by atoms with Gasteiger partial charge in [0, 0.05) is 18.3 Å². The van der Waals surface area contributed by atoms with Gasteiger partial charge in [-0.15, -0.1) is 0 Å². The molecule has 1 aliphatic heterocycles. The van der Waals surface area contributed by atoms with Crippen LogP contribution in [0.4, 0.5) is 5.69 Å². The summed E-state index contributed by atoms with van der Waals surface area (Å²) >= 11 is 0. The third-order valence-corrected chi connectivity index (χ3v) is 3.73. The third-order valence-electron chi connectivity index (χ3n) is 3.73. The second-order valence-corrected chi connectivity index (χ2v) is 5.15. The number of benzene rings is 2. The number of hydrogen-bond donors (Lipinski definition) is 1. The number of nitrogens with one attached hydrogen (secondary N) is 1. The normalized spacial score (nSPS) is 16.7. The van der Waals surface area contributed by atoms with Crippen molar-refractivity contribution in [1.29, 1.82) is 0 Å². The number of nitrogens with zero attached hydrogens (tertiary/aromatic N) is 1. The van der Waals surface area contributed by atoms with Gasteiger partial charge in [-0.3, -0.25) is 4.79 Å². The summed E-state index contributed by atoms with van der Waals surface area (Å²) in [6.45, 7) is 4.10. The number of carbonyl (C=O) groups excluding carboxylic acids is 1. The Kier molecular flexibility index (Phi) is 3.83. The van der Waals surface area contributed by atoms with Gasteiger partial charge in [0.05, 0.1) is 5.56 Å². The van der Waals surface area contributed by atoms with E-state index in [0.29, 0.717) is 12.2 Å². The number of fused-ring (bicyclic) bond motifs is 1. The average Bonchev–Trinajstić information content (AvgIpc) is 2.56. The Morgan fingerprint density at radius 2 is 1.95 bits per heavy atom. The lowest BCUT2D eigenvalue weighted by Gasteiger charge is -2.36. The summed E-state index contributed by atoms with van der Waals surface area (Å²) in [5.41, 5.74) is 2.45. The van der Waals surface area contributed by atoms with Gasteiger partial charge in [-0.2, -0.15) is 0 Å². The van der Waals surface area contributed by atoms with Crippen LogP contribution in [0.2, 0.25) is 0 Å². The highest BCUT2D eigenvalue weighted by atomic mass is 16.5. The highest BCUT2D eigenvalue weighted by molar-refractivity contribution is 6.01. The van der Waals surface area contributed by atoms with Crippen LogP contribution >= 0.6 is 0 Å². The van der Waals surface area contributed by atoms with Crippen molar-refractivity contribution >= 4 is 11.6 Å². The Balaban J connectivity index is 1.99. The highest BCUT2D eigenvalue weighted by Gasteiger charge is 2.31. The van der Waals surface area contributed by atoms with Crippen molar-refractivity contribution in [3.8, 4) is 5.75 Å². The summed E-state index contributed by atoms with van der Waals surface area (Å²) in [6.07, 6.45) is 1.44. The highest BCUT2D eigenvalue weighted by Crippen LogP contribution is 2.35. The maximum atomic E-state index is 12.6. The van der Waals surface area contributed by atoms with Crippen molar-refractivity contribution in [1.82, 2.24) is 4.90 Å². The van der Waals surface area contributed by atoms with Crippen molar-refractivity contribution in [3.63, 3.8) is 0 Å². The molecular formula is C18H18N2O2. The van der Waals surface area contributed by atoms with E-state index < -0.39 is 0 Å². The lowest BCUT2D eigenvalue weighted by Crippen LogP contribution is -2.40. The first-order valence-electron chi connectivity index (χ1n) is 7.17. The number of ether oxygens (including phenoxy) is 1. The second kappa shape index (κ2) is 5.93. The fraction of sp³-hybridized carbons (Fsp3) is 0.167. The second-order valence-electron chi connectivity index (χ2n) is 5.15. The van der Waals surface area contributed by atoms with Gasteiger partial charge >= 0.3 is 0 Å². The first-order valence-corrected chi connectivity index (χ1v) is 7.17. The summed E-state index contributed by atoms with van der Waals surface area (Å²) in [4.78, 5) is 14.2. The summed E-state index contributed by atoms with van der Waals surface area (Å²) in [5.74, 6) is 0.747. The number of anilines is 1. The van der Waals surface area contributed by atoms with Crippen LogP contribution < -0.4 is 10.1 Å².